The fourth-order valence-electron chi connectivity index (χ4n) is 4.08. The maximum absolute atomic E-state index is 12.1. The summed E-state index contributed by atoms with van der Waals surface area (Å²) in [5.41, 5.74) is 1.11. The first-order valence-electron chi connectivity index (χ1n) is 6.73. The first-order valence-corrected chi connectivity index (χ1v) is 6.73. The number of aryl methyl sites for hydroxylation is 1. The van der Waals surface area contributed by atoms with Gasteiger partial charge < -0.3 is 9.47 Å². The predicted molar refractivity (Wildman–Crippen MR) is 72.1 cm³/mol. The molecular formula is C16H18O4. The third-order valence-electron chi connectivity index (χ3n) is 4.96. The van der Waals surface area contributed by atoms with E-state index in [1.807, 2.05) is 31.2 Å². The van der Waals surface area contributed by atoms with Gasteiger partial charge in [-0.15, -0.1) is 0 Å². The molecule has 20 heavy (non-hydrogen) atoms. The van der Waals surface area contributed by atoms with Gasteiger partial charge in [0.15, 0.2) is 0 Å². The monoisotopic (exact) mass is 274 g/mol. The van der Waals surface area contributed by atoms with Gasteiger partial charge in [-0.05, 0) is 25.3 Å². The molecule has 0 heterocycles. The summed E-state index contributed by atoms with van der Waals surface area (Å²) in [4.78, 5) is 24.2. The minimum atomic E-state index is -0.530. The minimum absolute atomic E-state index is 0.115. The van der Waals surface area contributed by atoms with Crippen LogP contribution < -0.4 is 0 Å². The van der Waals surface area contributed by atoms with Gasteiger partial charge in [-0.3, -0.25) is 9.59 Å². The number of hydrogen-bond donors (Lipinski definition) is 0. The SMILES string of the molecule is COC(=O)C12CC(C(=O)OC)(C1)C2c1ccc(C)cc1. The summed E-state index contributed by atoms with van der Waals surface area (Å²) >= 11 is 0. The third-order valence-corrected chi connectivity index (χ3v) is 4.96. The summed E-state index contributed by atoms with van der Waals surface area (Å²) in [7, 11) is 2.81. The molecule has 3 fully saturated rings. The summed E-state index contributed by atoms with van der Waals surface area (Å²) in [5, 5.41) is 0. The van der Waals surface area contributed by atoms with E-state index in [2.05, 4.69) is 0 Å². The van der Waals surface area contributed by atoms with Crippen LogP contribution in [0.5, 0.6) is 0 Å². The first-order chi connectivity index (χ1) is 9.50. The second-order valence-electron chi connectivity index (χ2n) is 5.99. The highest BCUT2D eigenvalue weighted by Gasteiger charge is 2.83. The van der Waals surface area contributed by atoms with Crippen molar-refractivity contribution in [2.45, 2.75) is 25.7 Å². The van der Waals surface area contributed by atoms with E-state index in [0.717, 1.165) is 11.1 Å². The molecule has 0 radical (unpaired) electrons. The second-order valence-corrected chi connectivity index (χ2v) is 5.99. The van der Waals surface area contributed by atoms with Crippen LogP contribution in [0.15, 0.2) is 24.3 Å². The van der Waals surface area contributed by atoms with Crippen molar-refractivity contribution in [3.8, 4) is 0 Å². The van der Waals surface area contributed by atoms with E-state index < -0.39 is 10.8 Å². The minimum Gasteiger partial charge on any atom is -0.469 e. The van der Waals surface area contributed by atoms with Crippen molar-refractivity contribution in [1.82, 2.24) is 0 Å². The summed E-state index contributed by atoms with van der Waals surface area (Å²) in [5.74, 6) is -0.543. The maximum Gasteiger partial charge on any atom is 0.312 e. The summed E-state index contributed by atoms with van der Waals surface area (Å²) in [6.07, 6.45) is 1.08. The van der Waals surface area contributed by atoms with Crippen LogP contribution in [0.2, 0.25) is 0 Å². The lowest BCUT2D eigenvalue weighted by Gasteiger charge is -2.72. The zero-order chi connectivity index (χ0) is 14.5. The van der Waals surface area contributed by atoms with Crippen molar-refractivity contribution in [3.63, 3.8) is 0 Å². The molecule has 3 aliphatic carbocycles. The number of benzene rings is 1. The standard InChI is InChI=1S/C16H18O4/c1-10-4-6-11(7-5-10)12-15(13(17)19-2)8-16(12,9-15)14(18)20-3/h4-7,12H,8-9H2,1-3H3. The van der Waals surface area contributed by atoms with Gasteiger partial charge in [-0.2, -0.15) is 0 Å². The molecule has 0 unspecified atom stereocenters. The lowest BCUT2D eigenvalue weighted by molar-refractivity contribution is -0.249. The Kier molecular flexibility index (Phi) is 2.68. The Hall–Kier alpha value is -1.84. The molecule has 0 N–H and O–H groups in total. The van der Waals surface area contributed by atoms with Gasteiger partial charge in [0, 0.05) is 5.92 Å². The average Bonchev–Trinajstić information content (AvgIpc) is 2.38. The smallest absolute Gasteiger partial charge is 0.312 e. The van der Waals surface area contributed by atoms with Gasteiger partial charge in [0.25, 0.3) is 0 Å². The Morgan fingerprint density at radius 2 is 1.45 bits per heavy atom. The first kappa shape index (κ1) is 13.2. The Balaban J connectivity index is 1.98. The van der Waals surface area contributed by atoms with E-state index in [-0.39, 0.29) is 17.9 Å². The van der Waals surface area contributed by atoms with Crippen LogP contribution in [0.3, 0.4) is 0 Å². The fraction of sp³-hybridized carbons (Fsp3) is 0.500. The molecule has 0 atom stereocenters. The molecule has 106 valence electrons. The molecule has 0 aromatic heterocycles. The number of ether oxygens (including phenoxy) is 2. The molecule has 1 aromatic rings. The Morgan fingerprint density at radius 3 is 1.85 bits per heavy atom. The van der Waals surface area contributed by atoms with Crippen LogP contribution >= 0.6 is 0 Å². The summed E-state index contributed by atoms with van der Waals surface area (Å²) < 4.78 is 9.88. The van der Waals surface area contributed by atoms with Crippen molar-refractivity contribution in [1.29, 1.82) is 0 Å². The molecule has 1 aromatic carbocycles. The molecule has 3 saturated carbocycles. The summed E-state index contributed by atoms with van der Waals surface area (Å²) in [6.45, 7) is 2.01. The van der Waals surface area contributed by atoms with E-state index in [1.165, 1.54) is 14.2 Å². The largest absolute Gasteiger partial charge is 0.469 e. The third kappa shape index (κ3) is 1.37. The van der Waals surface area contributed by atoms with Crippen LogP contribution in [0, 0.1) is 17.8 Å². The lowest BCUT2D eigenvalue weighted by Crippen LogP contribution is -2.74. The highest BCUT2D eigenvalue weighted by atomic mass is 16.5. The highest BCUT2D eigenvalue weighted by Crippen LogP contribution is 2.81. The quantitative estimate of drug-likeness (QED) is 0.793. The van der Waals surface area contributed by atoms with Crippen LogP contribution in [0.25, 0.3) is 0 Å². The van der Waals surface area contributed by atoms with Gasteiger partial charge in [0.1, 0.15) is 0 Å². The van der Waals surface area contributed by atoms with Gasteiger partial charge >= 0.3 is 11.9 Å². The molecule has 3 aliphatic rings. The zero-order valence-corrected chi connectivity index (χ0v) is 11.9. The Morgan fingerprint density at radius 1 is 1.00 bits per heavy atom. The second kappa shape index (κ2) is 4.08. The van der Waals surface area contributed by atoms with Crippen molar-refractivity contribution in [2.75, 3.05) is 14.2 Å². The molecule has 4 heteroatoms. The number of methoxy groups -OCH3 is 2. The zero-order valence-electron chi connectivity index (χ0n) is 11.9. The number of hydrogen-bond acceptors (Lipinski definition) is 4. The molecule has 0 saturated heterocycles. The molecular weight excluding hydrogens is 256 g/mol. The molecule has 2 bridgehead atoms. The van der Waals surface area contributed by atoms with Gasteiger partial charge in [-0.1, -0.05) is 29.8 Å². The Bertz CT molecular complexity index is 539. The van der Waals surface area contributed by atoms with E-state index in [0.29, 0.717) is 12.8 Å². The lowest BCUT2D eigenvalue weighted by atomic mass is 9.28. The summed E-state index contributed by atoms with van der Waals surface area (Å²) in [6, 6.07) is 7.99. The average molecular weight is 274 g/mol. The number of carbonyl (C=O) groups excluding carboxylic acids is 2. The topological polar surface area (TPSA) is 52.6 Å². The van der Waals surface area contributed by atoms with E-state index in [4.69, 9.17) is 9.47 Å². The molecule has 4 nitrogen and oxygen atoms in total. The van der Waals surface area contributed by atoms with E-state index in [1.54, 1.807) is 0 Å². The molecule has 0 amide bonds. The molecule has 4 rings (SSSR count). The number of rotatable bonds is 3. The predicted octanol–water partition coefficient (Wildman–Crippen LogP) is 2.20. The van der Waals surface area contributed by atoms with Gasteiger partial charge in [0.2, 0.25) is 0 Å². The van der Waals surface area contributed by atoms with Crippen molar-refractivity contribution in [3.05, 3.63) is 35.4 Å². The van der Waals surface area contributed by atoms with Gasteiger partial charge in [0.05, 0.1) is 25.0 Å². The van der Waals surface area contributed by atoms with Crippen LogP contribution in [0.4, 0.5) is 0 Å². The molecule has 0 spiro atoms. The van der Waals surface area contributed by atoms with Crippen LogP contribution in [0.1, 0.15) is 29.9 Å². The van der Waals surface area contributed by atoms with E-state index in [9.17, 15) is 9.59 Å². The van der Waals surface area contributed by atoms with Crippen LogP contribution in [-0.4, -0.2) is 26.2 Å². The Labute approximate surface area is 118 Å². The fourth-order valence-corrected chi connectivity index (χ4v) is 4.08. The van der Waals surface area contributed by atoms with E-state index >= 15 is 0 Å². The van der Waals surface area contributed by atoms with Crippen molar-refractivity contribution >= 4 is 11.9 Å². The highest BCUT2D eigenvalue weighted by molar-refractivity contribution is 5.94. The van der Waals surface area contributed by atoms with Crippen LogP contribution in [-0.2, 0) is 19.1 Å². The maximum atomic E-state index is 12.1. The molecule has 0 aliphatic heterocycles. The van der Waals surface area contributed by atoms with Crippen molar-refractivity contribution in [2.24, 2.45) is 10.8 Å². The number of esters is 2. The van der Waals surface area contributed by atoms with Gasteiger partial charge in [-0.25, -0.2) is 0 Å². The number of carbonyl (C=O) groups is 2. The normalized spacial score (nSPS) is 33.6. The van der Waals surface area contributed by atoms with Crippen molar-refractivity contribution < 1.29 is 19.1 Å².